The molecule has 2 aromatic rings. The number of thioether (sulfide) groups is 1. The van der Waals surface area contributed by atoms with E-state index in [9.17, 15) is 14.9 Å². The molecule has 2 aromatic carbocycles. The summed E-state index contributed by atoms with van der Waals surface area (Å²) in [5.74, 6) is 0.775. The second-order valence-electron chi connectivity index (χ2n) is 4.77. The molecule has 124 valence electrons. The number of carbonyl (C=O) groups excluding carboxylic acids is 1. The molecule has 0 saturated carbocycles. The largest absolute Gasteiger partial charge is 0.272 e. The number of amides is 1. The maximum atomic E-state index is 11.7. The first kappa shape index (κ1) is 18.2. The van der Waals surface area contributed by atoms with Crippen LogP contribution in [0.1, 0.15) is 11.1 Å². The van der Waals surface area contributed by atoms with Gasteiger partial charge in [-0.25, -0.2) is 5.43 Å². The first-order chi connectivity index (χ1) is 11.5. The zero-order chi connectivity index (χ0) is 17.4. The van der Waals surface area contributed by atoms with E-state index in [-0.39, 0.29) is 17.3 Å². The van der Waals surface area contributed by atoms with Crippen LogP contribution in [0.25, 0.3) is 0 Å². The van der Waals surface area contributed by atoms with Crippen LogP contribution < -0.4 is 5.43 Å². The van der Waals surface area contributed by atoms with Gasteiger partial charge in [-0.15, -0.1) is 11.8 Å². The van der Waals surface area contributed by atoms with Crippen LogP contribution in [0.15, 0.2) is 58.1 Å². The summed E-state index contributed by atoms with van der Waals surface area (Å²) in [5.41, 5.74) is 4.06. The van der Waals surface area contributed by atoms with Crippen LogP contribution in [-0.4, -0.2) is 22.8 Å². The Balaban J connectivity index is 1.76. The van der Waals surface area contributed by atoms with Gasteiger partial charge in [0.1, 0.15) is 0 Å². The second kappa shape index (κ2) is 9.19. The standard InChI is InChI=1S/C16H14BrN3O3S/c17-14-5-1-4-13(7-14)10-24-11-16(21)19-18-9-12-3-2-6-15(8-12)20(22)23/h1-9H,10-11H2,(H,19,21). The molecular weight excluding hydrogens is 394 g/mol. The van der Waals surface area contributed by atoms with Crippen LogP contribution in [0.2, 0.25) is 0 Å². The van der Waals surface area contributed by atoms with Crippen molar-refractivity contribution in [2.75, 3.05) is 5.75 Å². The van der Waals surface area contributed by atoms with E-state index in [0.717, 1.165) is 15.8 Å². The highest BCUT2D eigenvalue weighted by Crippen LogP contribution is 2.16. The molecule has 0 bridgehead atoms. The molecule has 0 aliphatic rings. The predicted molar refractivity (Wildman–Crippen MR) is 99.1 cm³/mol. The SMILES string of the molecule is O=C(CSCc1cccc(Br)c1)NN=Cc1cccc([N+](=O)[O-])c1. The molecule has 1 amide bonds. The average Bonchev–Trinajstić information content (AvgIpc) is 2.55. The number of nitrogens with one attached hydrogen (secondary N) is 1. The molecule has 0 aliphatic heterocycles. The maximum absolute atomic E-state index is 11.7. The van der Waals surface area contributed by atoms with Crippen LogP contribution in [0.5, 0.6) is 0 Å². The van der Waals surface area contributed by atoms with Crippen molar-refractivity contribution in [3.63, 3.8) is 0 Å². The molecule has 24 heavy (non-hydrogen) atoms. The first-order valence-corrected chi connectivity index (χ1v) is 8.88. The summed E-state index contributed by atoms with van der Waals surface area (Å²) < 4.78 is 1.01. The highest BCUT2D eigenvalue weighted by molar-refractivity contribution is 9.10. The van der Waals surface area contributed by atoms with Gasteiger partial charge in [0.15, 0.2) is 0 Å². The van der Waals surface area contributed by atoms with Gasteiger partial charge in [-0.3, -0.25) is 14.9 Å². The fourth-order valence-corrected chi connectivity index (χ4v) is 3.03. The Morgan fingerprint density at radius 1 is 1.29 bits per heavy atom. The molecule has 0 saturated heterocycles. The maximum Gasteiger partial charge on any atom is 0.270 e. The molecule has 0 aromatic heterocycles. The third-order valence-electron chi connectivity index (χ3n) is 2.87. The third-order valence-corrected chi connectivity index (χ3v) is 4.37. The molecule has 0 atom stereocenters. The predicted octanol–water partition coefficient (Wildman–Crippen LogP) is 3.74. The number of nitro benzene ring substituents is 1. The van der Waals surface area contributed by atoms with Gasteiger partial charge >= 0.3 is 0 Å². The number of nitrogens with zero attached hydrogens (tertiary/aromatic N) is 2. The fourth-order valence-electron chi connectivity index (χ4n) is 1.82. The zero-order valence-electron chi connectivity index (χ0n) is 12.5. The molecule has 0 spiro atoms. The van der Waals surface area contributed by atoms with E-state index in [2.05, 4.69) is 26.5 Å². The summed E-state index contributed by atoms with van der Waals surface area (Å²) in [4.78, 5) is 21.9. The van der Waals surface area contributed by atoms with Gasteiger partial charge in [-0.2, -0.15) is 5.10 Å². The molecular formula is C16H14BrN3O3S. The zero-order valence-corrected chi connectivity index (χ0v) is 14.9. The quantitative estimate of drug-likeness (QED) is 0.430. The molecule has 6 nitrogen and oxygen atoms in total. The monoisotopic (exact) mass is 407 g/mol. The molecule has 8 heteroatoms. The van der Waals surface area contributed by atoms with Gasteiger partial charge in [0.2, 0.25) is 5.91 Å². The average molecular weight is 408 g/mol. The summed E-state index contributed by atoms with van der Waals surface area (Å²) in [6.45, 7) is 0. The summed E-state index contributed by atoms with van der Waals surface area (Å²) in [6.07, 6.45) is 1.38. The van der Waals surface area contributed by atoms with E-state index in [1.165, 1.54) is 30.1 Å². The van der Waals surface area contributed by atoms with E-state index in [0.29, 0.717) is 5.56 Å². The number of halogens is 1. The van der Waals surface area contributed by atoms with E-state index >= 15 is 0 Å². The third kappa shape index (κ3) is 6.13. The van der Waals surface area contributed by atoms with Crippen LogP contribution in [-0.2, 0) is 10.5 Å². The lowest BCUT2D eigenvalue weighted by atomic mass is 10.2. The summed E-state index contributed by atoms with van der Waals surface area (Å²) in [6, 6.07) is 13.9. The number of hydrogen-bond donors (Lipinski definition) is 1. The number of benzene rings is 2. The van der Waals surface area contributed by atoms with Crippen molar-refractivity contribution in [2.45, 2.75) is 5.75 Å². The van der Waals surface area contributed by atoms with E-state index < -0.39 is 4.92 Å². The lowest BCUT2D eigenvalue weighted by Gasteiger charge is -2.02. The van der Waals surface area contributed by atoms with Crippen LogP contribution >= 0.6 is 27.7 Å². The van der Waals surface area contributed by atoms with Gasteiger partial charge in [0.25, 0.3) is 5.69 Å². The smallest absolute Gasteiger partial charge is 0.270 e. The van der Waals surface area contributed by atoms with Crippen LogP contribution in [0.3, 0.4) is 0 Å². The van der Waals surface area contributed by atoms with Gasteiger partial charge in [0.05, 0.1) is 16.9 Å². The normalized spacial score (nSPS) is 10.7. The van der Waals surface area contributed by atoms with E-state index in [1.807, 2.05) is 24.3 Å². The van der Waals surface area contributed by atoms with Gasteiger partial charge in [-0.05, 0) is 17.7 Å². The molecule has 0 heterocycles. The molecule has 0 fully saturated rings. The van der Waals surface area contributed by atoms with Gasteiger partial charge in [0, 0.05) is 27.9 Å². The molecule has 2 rings (SSSR count). The van der Waals surface area contributed by atoms with Gasteiger partial charge in [-0.1, -0.05) is 40.2 Å². The fraction of sp³-hybridized carbons (Fsp3) is 0.125. The Labute approximate surface area is 151 Å². The molecule has 1 N–H and O–H groups in total. The highest BCUT2D eigenvalue weighted by Gasteiger charge is 2.04. The minimum Gasteiger partial charge on any atom is -0.272 e. The topological polar surface area (TPSA) is 84.6 Å². The molecule has 0 unspecified atom stereocenters. The van der Waals surface area contributed by atoms with Crippen molar-refractivity contribution in [3.8, 4) is 0 Å². The van der Waals surface area contributed by atoms with E-state index in [4.69, 9.17) is 0 Å². The first-order valence-electron chi connectivity index (χ1n) is 6.93. The Hall–Kier alpha value is -2.19. The molecule has 0 radical (unpaired) electrons. The van der Waals surface area contributed by atoms with Gasteiger partial charge < -0.3 is 0 Å². The summed E-state index contributed by atoms with van der Waals surface area (Å²) in [5, 5.41) is 14.5. The lowest BCUT2D eigenvalue weighted by molar-refractivity contribution is -0.384. The van der Waals surface area contributed by atoms with Crippen molar-refractivity contribution >= 4 is 45.5 Å². The Morgan fingerprint density at radius 3 is 2.83 bits per heavy atom. The van der Waals surface area contributed by atoms with Crippen LogP contribution in [0, 0.1) is 10.1 Å². The van der Waals surface area contributed by atoms with Crippen molar-refractivity contribution in [1.29, 1.82) is 0 Å². The minimum atomic E-state index is -0.478. The summed E-state index contributed by atoms with van der Waals surface area (Å²) in [7, 11) is 0. The van der Waals surface area contributed by atoms with Crippen molar-refractivity contribution in [1.82, 2.24) is 5.43 Å². The number of non-ortho nitro benzene ring substituents is 1. The number of rotatable bonds is 7. The van der Waals surface area contributed by atoms with Crippen LogP contribution in [0.4, 0.5) is 5.69 Å². The number of nitro groups is 1. The highest BCUT2D eigenvalue weighted by atomic mass is 79.9. The molecule has 0 aliphatic carbocycles. The lowest BCUT2D eigenvalue weighted by Crippen LogP contribution is -2.19. The Kier molecular flexibility index (Phi) is 6.95. The number of carbonyl (C=O) groups is 1. The minimum absolute atomic E-state index is 0.0187. The second-order valence-corrected chi connectivity index (χ2v) is 6.67. The Bertz CT molecular complexity index is 768. The van der Waals surface area contributed by atoms with Crippen molar-refractivity contribution in [3.05, 3.63) is 74.2 Å². The number of hydrazone groups is 1. The van der Waals surface area contributed by atoms with E-state index in [1.54, 1.807) is 12.1 Å². The van der Waals surface area contributed by atoms with Crippen molar-refractivity contribution < 1.29 is 9.72 Å². The number of hydrogen-bond acceptors (Lipinski definition) is 5. The van der Waals surface area contributed by atoms with Crippen molar-refractivity contribution in [2.24, 2.45) is 5.10 Å². The summed E-state index contributed by atoms with van der Waals surface area (Å²) >= 11 is 4.88. The Morgan fingerprint density at radius 2 is 2.08 bits per heavy atom.